The van der Waals surface area contributed by atoms with Crippen LogP contribution in [-0.2, 0) is 19.1 Å². The Morgan fingerprint density at radius 1 is 1.11 bits per heavy atom. The summed E-state index contributed by atoms with van der Waals surface area (Å²) in [6.07, 6.45) is 7.05. The standard InChI is InChI=1S/C22H27NO4/c24-21(23-11-5-2-6-12-23)15-26-17-9-10-18-20(13-17)27-14-19(22(18)25)16-7-3-1-4-8-16/h1,3-4,7-8,14,17-18,20H,2,5-6,9-13,15H2. The summed E-state index contributed by atoms with van der Waals surface area (Å²) in [6.45, 7) is 1.84. The van der Waals surface area contributed by atoms with Crippen LogP contribution in [0.25, 0.3) is 5.57 Å². The summed E-state index contributed by atoms with van der Waals surface area (Å²) in [7, 11) is 0. The summed E-state index contributed by atoms with van der Waals surface area (Å²) in [5.41, 5.74) is 1.57. The van der Waals surface area contributed by atoms with Crippen molar-refractivity contribution >= 4 is 17.3 Å². The van der Waals surface area contributed by atoms with Gasteiger partial charge in [0, 0.05) is 19.5 Å². The van der Waals surface area contributed by atoms with Gasteiger partial charge in [0.2, 0.25) is 5.91 Å². The van der Waals surface area contributed by atoms with Crippen molar-refractivity contribution in [3.63, 3.8) is 0 Å². The van der Waals surface area contributed by atoms with Gasteiger partial charge >= 0.3 is 0 Å². The molecule has 3 unspecified atom stereocenters. The Bertz CT molecular complexity index is 708. The van der Waals surface area contributed by atoms with E-state index < -0.39 is 0 Å². The van der Waals surface area contributed by atoms with Crippen LogP contribution in [0.1, 0.15) is 44.1 Å². The molecular weight excluding hydrogens is 342 g/mol. The molecule has 2 fully saturated rings. The Labute approximate surface area is 160 Å². The van der Waals surface area contributed by atoms with E-state index in [0.717, 1.165) is 44.3 Å². The van der Waals surface area contributed by atoms with Crippen LogP contribution >= 0.6 is 0 Å². The fraction of sp³-hybridized carbons (Fsp3) is 0.545. The van der Waals surface area contributed by atoms with Crippen LogP contribution in [0.4, 0.5) is 0 Å². The Hall–Kier alpha value is -2.14. The second kappa shape index (κ2) is 8.26. The molecule has 5 heteroatoms. The van der Waals surface area contributed by atoms with Crippen molar-refractivity contribution in [1.82, 2.24) is 4.90 Å². The summed E-state index contributed by atoms with van der Waals surface area (Å²) in [5.74, 6) is 0.145. The highest BCUT2D eigenvalue weighted by molar-refractivity contribution is 6.22. The van der Waals surface area contributed by atoms with Gasteiger partial charge in [-0.2, -0.15) is 0 Å². The van der Waals surface area contributed by atoms with E-state index in [1.165, 1.54) is 6.42 Å². The highest BCUT2D eigenvalue weighted by Crippen LogP contribution is 2.37. The molecule has 0 spiro atoms. The van der Waals surface area contributed by atoms with Crippen LogP contribution in [-0.4, -0.2) is 48.5 Å². The van der Waals surface area contributed by atoms with Crippen LogP contribution < -0.4 is 0 Å². The van der Waals surface area contributed by atoms with E-state index in [2.05, 4.69) is 0 Å². The van der Waals surface area contributed by atoms with Crippen molar-refractivity contribution in [3.8, 4) is 0 Å². The van der Waals surface area contributed by atoms with Gasteiger partial charge in [0.15, 0.2) is 5.78 Å². The fourth-order valence-electron chi connectivity index (χ4n) is 4.36. The molecule has 3 aliphatic rings. The van der Waals surface area contributed by atoms with Gasteiger partial charge in [0.05, 0.1) is 23.9 Å². The topological polar surface area (TPSA) is 55.8 Å². The maximum atomic E-state index is 12.9. The number of piperidine rings is 1. The molecule has 1 saturated carbocycles. The highest BCUT2D eigenvalue weighted by atomic mass is 16.5. The zero-order chi connectivity index (χ0) is 18.6. The number of Topliss-reactive ketones (excluding diaryl/α,β-unsaturated/α-hetero) is 1. The molecule has 1 aromatic carbocycles. The molecule has 0 N–H and O–H groups in total. The molecule has 0 radical (unpaired) electrons. The van der Waals surface area contributed by atoms with Crippen molar-refractivity contribution in [3.05, 3.63) is 42.2 Å². The van der Waals surface area contributed by atoms with Crippen molar-refractivity contribution in [2.75, 3.05) is 19.7 Å². The zero-order valence-corrected chi connectivity index (χ0v) is 15.6. The molecule has 2 aliphatic heterocycles. The van der Waals surface area contributed by atoms with Gasteiger partial charge in [-0.25, -0.2) is 0 Å². The summed E-state index contributed by atoms with van der Waals surface area (Å²) >= 11 is 0. The van der Waals surface area contributed by atoms with E-state index in [9.17, 15) is 9.59 Å². The second-order valence-electron chi connectivity index (χ2n) is 7.73. The van der Waals surface area contributed by atoms with E-state index in [4.69, 9.17) is 9.47 Å². The third kappa shape index (κ3) is 4.08. The van der Waals surface area contributed by atoms with Crippen LogP contribution in [0.15, 0.2) is 36.6 Å². The van der Waals surface area contributed by atoms with E-state index in [1.807, 2.05) is 35.2 Å². The normalized spacial score (nSPS) is 28.1. The predicted octanol–water partition coefficient (Wildman–Crippen LogP) is 3.19. The predicted molar refractivity (Wildman–Crippen MR) is 102 cm³/mol. The molecule has 1 amide bonds. The van der Waals surface area contributed by atoms with Crippen molar-refractivity contribution < 1.29 is 19.1 Å². The highest BCUT2D eigenvalue weighted by Gasteiger charge is 2.40. The average Bonchev–Trinajstić information content (AvgIpc) is 2.73. The summed E-state index contributed by atoms with van der Waals surface area (Å²) in [5, 5.41) is 0. The van der Waals surface area contributed by atoms with Crippen molar-refractivity contribution in [2.45, 2.75) is 50.7 Å². The van der Waals surface area contributed by atoms with Gasteiger partial charge in [0.25, 0.3) is 0 Å². The number of benzene rings is 1. The zero-order valence-electron chi connectivity index (χ0n) is 15.6. The number of nitrogens with zero attached hydrogens (tertiary/aromatic N) is 1. The maximum absolute atomic E-state index is 12.9. The first-order valence-electron chi connectivity index (χ1n) is 10.1. The SMILES string of the molecule is O=C1C(c2ccccc2)=COC2CC(OCC(=O)N3CCCCC3)CCC12. The second-order valence-corrected chi connectivity index (χ2v) is 7.73. The van der Waals surface area contributed by atoms with Gasteiger partial charge in [0.1, 0.15) is 12.7 Å². The third-order valence-electron chi connectivity index (χ3n) is 5.94. The van der Waals surface area contributed by atoms with Crippen molar-refractivity contribution in [1.29, 1.82) is 0 Å². The molecule has 3 atom stereocenters. The quantitative estimate of drug-likeness (QED) is 0.818. The van der Waals surface area contributed by atoms with Crippen molar-refractivity contribution in [2.24, 2.45) is 5.92 Å². The van der Waals surface area contributed by atoms with Gasteiger partial charge in [-0.15, -0.1) is 0 Å². The molecule has 144 valence electrons. The Morgan fingerprint density at radius 2 is 1.89 bits per heavy atom. The largest absolute Gasteiger partial charge is 0.496 e. The third-order valence-corrected chi connectivity index (χ3v) is 5.94. The lowest BCUT2D eigenvalue weighted by molar-refractivity contribution is -0.143. The fourth-order valence-corrected chi connectivity index (χ4v) is 4.36. The summed E-state index contributed by atoms with van der Waals surface area (Å²) < 4.78 is 11.8. The summed E-state index contributed by atoms with van der Waals surface area (Å²) in [4.78, 5) is 27.1. The Balaban J connectivity index is 1.32. The number of ketones is 1. The van der Waals surface area contributed by atoms with Crippen LogP contribution in [0.3, 0.4) is 0 Å². The molecule has 4 rings (SSSR count). The number of ether oxygens (including phenoxy) is 2. The van der Waals surface area contributed by atoms with Crippen LogP contribution in [0, 0.1) is 5.92 Å². The molecule has 2 heterocycles. The monoisotopic (exact) mass is 369 g/mol. The first kappa shape index (κ1) is 18.2. The van der Waals surface area contributed by atoms with E-state index in [-0.39, 0.29) is 36.4 Å². The van der Waals surface area contributed by atoms with Gasteiger partial charge in [-0.05, 0) is 37.7 Å². The lowest BCUT2D eigenvalue weighted by atomic mass is 9.78. The lowest BCUT2D eigenvalue weighted by Crippen LogP contribution is -2.43. The Kier molecular flexibility index (Phi) is 5.58. The van der Waals surface area contributed by atoms with Gasteiger partial charge in [-0.3, -0.25) is 9.59 Å². The van der Waals surface area contributed by atoms with Crippen LogP contribution in [0.5, 0.6) is 0 Å². The molecule has 0 aromatic heterocycles. The van der Waals surface area contributed by atoms with Gasteiger partial charge in [-0.1, -0.05) is 30.3 Å². The number of hydrogen-bond acceptors (Lipinski definition) is 4. The minimum absolute atomic E-state index is 0.0144. The van der Waals surface area contributed by atoms with E-state index >= 15 is 0 Å². The molecule has 0 bridgehead atoms. The molecule has 27 heavy (non-hydrogen) atoms. The van der Waals surface area contributed by atoms with E-state index in [0.29, 0.717) is 12.0 Å². The minimum Gasteiger partial charge on any atom is -0.496 e. The van der Waals surface area contributed by atoms with E-state index in [1.54, 1.807) is 6.26 Å². The molecule has 1 aromatic rings. The first-order chi connectivity index (χ1) is 13.2. The minimum atomic E-state index is -0.145. The number of fused-ring (bicyclic) bond motifs is 1. The average molecular weight is 369 g/mol. The molecule has 1 saturated heterocycles. The number of amides is 1. The number of carbonyl (C=O) groups is 2. The Morgan fingerprint density at radius 3 is 2.67 bits per heavy atom. The molecular formula is C22H27NO4. The number of carbonyl (C=O) groups excluding carboxylic acids is 2. The first-order valence-corrected chi connectivity index (χ1v) is 10.1. The number of allylic oxidation sites excluding steroid dienone is 1. The van der Waals surface area contributed by atoms with Gasteiger partial charge < -0.3 is 14.4 Å². The number of likely N-dealkylation sites (tertiary alicyclic amines) is 1. The number of hydrogen-bond donors (Lipinski definition) is 0. The van der Waals surface area contributed by atoms with Crippen LogP contribution in [0.2, 0.25) is 0 Å². The lowest BCUT2D eigenvalue weighted by Gasteiger charge is -2.37. The molecule has 5 nitrogen and oxygen atoms in total. The molecule has 1 aliphatic carbocycles. The number of rotatable bonds is 4. The smallest absolute Gasteiger partial charge is 0.248 e. The summed E-state index contributed by atoms with van der Waals surface area (Å²) in [6, 6.07) is 9.68. The maximum Gasteiger partial charge on any atom is 0.248 e.